The van der Waals surface area contributed by atoms with Crippen LogP contribution in [0.1, 0.15) is 21.5 Å². The molecule has 0 spiro atoms. The Kier molecular flexibility index (Phi) is 4.72. The Morgan fingerprint density at radius 3 is 2.50 bits per heavy atom. The van der Waals surface area contributed by atoms with Gasteiger partial charge < -0.3 is 9.32 Å². The van der Waals surface area contributed by atoms with E-state index in [0.29, 0.717) is 17.5 Å². The molecule has 0 saturated carbocycles. The van der Waals surface area contributed by atoms with E-state index in [4.69, 9.17) is 4.42 Å². The predicted octanol–water partition coefficient (Wildman–Crippen LogP) is 4.34. The highest BCUT2D eigenvalue weighted by Crippen LogP contribution is 2.24. The number of carbonyl (C=O) groups is 1. The lowest BCUT2D eigenvalue weighted by atomic mass is 10.1. The summed E-state index contributed by atoms with van der Waals surface area (Å²) in [6.45, 7) is 2.25. The van der Waals surface area contributed by atoms with Crippen molar-refractivity contribution in [2.75, 3.05) is 4.90 Å². The zero-order valence-electron chi connectivity index (χ0n) is 15.3. The van der Waals surface area contributed by atoms with Crippen molar-refractivity contribution in [1.29, 1.82) is 0 Å². The Bertz CT molecular complexity index is 1200. The molecule has 0 N–H and O–H groups in total. The Morgan fingerprint density at radius 1 is 1.00 bits per heavy atom. The van der Waals surface area contributed by atoms with E-state index in [1.165, 1.54) is 6.26 Å². The molecule has 0 aliphatic carbocycles. The first-order valence-electron chi connectivity index (χ1n) is 8.92. The lowest BCUT2D eigenvalue weighted by Gasteiger charge is -2.24. The minimum absolute atomic E-state index is 0.0102. The van der Waals surface area contributed by atoms with Crippen LogP contribution in [0, 0.1) is 6.92 Å². The van der Waals surface area contributed by atoms with Gasteiger partial charge in [-0.1, -0.05) is 30.3 Å². The number of carbonyl (C=O) groups excluding carboxylic acids is 1. The van der Waals surface area contributed by atoms with E-state index in [-0.39, 0.29) is 11.0 Å². The van der Waals surface area contributed by atoms with Gasteiger partial charge in [-0.25, -0.2) is 0 Å². The molecular formula is C23H18N2O3. The molecule has 0 unspecified atom stereocenters. The maximum atomic E-state index is 13.4. The van der Waals surface area contributed by atoms with Gasteiger partial charge in [-0.05, 0) is 48.4 Å². The summed E-state index contributed by atoms with van der Waals surface area (Å²) >= 11 is 0. The largest absolute Gasteiger partial charge is 0.463 e. The topological polar surface area (TPSA) is 63.4 Å². The monoisotopic (exact) mass is 370 g/mol. The number of fused-ring (bicyclic) bond motifs is 1. The molecule has 1 amide bonds. The SMILES string of the molecule is Cc1ccccc1N(Cc1ccncc1)C(=O)c1coc2ccccc2c1=O. The van der Waals surface area contributed by atoms with Crippen LogP contribution in [0.5, 0.6) is 0 Å². The van der Waals surface area contributed by atoms with Crippen molar-refractivity contribution in [1.82, 2.24) is 4.98 Å². The Balaban J connectivity index is 1.82. The normalized spacial score (nSPS) is 10.8. The quantitative estimate of drug-likeness (QED) is 0.536. The van der Waals surface area contributed by atoms with Crippen LogP contribution in [0.2, 0.25) is 0 Å². The van der Waals surface area contributed by atoms with Gasteiger partial charge in [-0.15, -0.1) is 0 Å². The van der Waals surface area contributed by atoms with Crippen molar-refractivity contribution >= 4 is 22.6 Å². The number of nitrogens with zero attached hydrogens (tertiary/aromatic N) is 2. The third-order valence-corrected chi connectivity index (χ3v) is 4.65. The number of anilines is 1. The fraction of sp³-hybridized carbons (Fsp3) is 0.0870. The van der Waals surface area contributed by atoms with Crippen LogP contribution >= 0.6 is 0 Å². The van der Waals surface area contributed by atoms with Gasteiger partial charge in [0.1, 0.15) is 17.4 Å². The highest BCUT2D eigenvalue weighted by molar-refractivity contribution is 6.07. The van der Waals surface area contributed by atoms with Gasteiger partial charge in [-0.2, -0.15) is 0 Å². The number of aryl methyl sites for hydroxylation is 1. The molecule has 4 rings (SSSR count). The van der Waals surface area contributed by atoms with Crippen molar-refractivity contribution in [3.05, 3.63) is 106 Å². The number of aromatic nitrogens is 1. The molecular weight excluding hydrogens is 352 g/mol. The smallest absolute Gasteiger partial charge is 0.265 e. The van der Waals surface area contributed by atoms with Crippen molar-refractivity contribution < 1.29 is 9.21 Å². The maximum absolute atomic E-state index is 13.4. The van der Waals surface area contributed by atoms with Gasteiger partial charge in [0.05, 0.1) is 11.9 Å². The number of amides is 1. The molecule has 0 aliphatic rings. The number of hydrogen-bond donors (Lipinski definition) is 0. The second-order valence-electron chi connectivity index (χ2n) is 6.51. The van der Waals surface area contributed by atoms with Crippen LogP contribution in [0.4, 0.5) is 5.69 Å². The first-order valence-corrected chi connectivity index (χ1v) is 8.92. The maximum Gasteiger partial charge on any atom is 0.265 e. The number of rotatable bonds is 4. The van der Waals surface area contributed by atoms with Gasteiger partial charge in [0.25, 0.3) is 5.91 Å². The van der Waals surface area contributed by atoms with Gasteiger partial charge in [0.15, 0.2) is 0 Å². The standard InChI is InChI=1S/C23H18N2O3/c1-16-6-2-4-8-20(16)25(14-17-10-12-24-13-11-17)23(27)19-15-28-21-9-5-3-7-18(21)22(19)26/h2-13,15H,14H2,1H3. The van der Waals surface area contributed by atoms with Crippen molar-refractivity contribution in [3.8, 4) is 0 Å². The Morgan fingerprint density at radius 2 is 1.71 bits per heavy atom. The highest BCUT2D eigenvalue weighted by atomic mass is 16.3. The average molecular weight is 370 g/mol. The molecule has 5 nitrogen and oxygen atoms in total. The molecule has 0 fully saturated rings. The summed E-state index contributed by atoms with van der Waals surface area (Å²) in [5.41, 5.74) is 2.74. The first-order chi connectivity index (χ1) is 13.6. The van der Waals surface area contributed by atoms with Gasteiger partial charge in [0, 0.05) is 18.1 Å². The lowest BCUT2D eigenvalue weighted by molar-refractivity contribution is 0.0982. The molecule has 2 aromatic heterocycles. The molecule has 5 heteroatoms. The van der Waals surface area contributed by atoms with Crippen molar-refractivity contribution in [2.24, 2.45) is 0 Å². The van der Waals surface area contributed by atoms with E-state index in [1.807, 2.05) is 43.3 Å². The van der Waals surface area contributed by atoms with E-state index in [1.54, 1.807) is 41.6 Å². The summed E-state index contributed by atoms with van der Waals surface area (Å²) in [5, 5.41) is 0.391. The molecule has 0 aliphatic heterocycles. The summed E-state index contributed by atoms with van der Waals surface area (Å²) in [5.74, 6) is -0.398. The molecule has 2 heterocycles. The van der Waals surface area contributed by atoms with Crippen LogP contribution in [0.15, 0.2) is 88.5 Å². The summed E-state index contributed by atoms with van der Waals surface area (Å²) in [6.07, 6.45) is 4.62. The van der Waals surface area contributed by atoms with E-state index >= 15 is 0 Å². The van der Waals surface area contributed by atoms with Crippen LogP contribution in [-0.4, -0.2) is 10.9 Å². The molecule has 0 saturated heterocycles. The van der Waals surface area contributed by atoms with E-state index in [0.717, 1.165) is 16.8 Å². The van der Waals surface area contributed by atoms with Gasteiger partial charge in [0.2, 0.25) is 5.43 Å². The van der Waals surface area contributed by atoms with Crippen molar-refractivity contribution in [3.63, 3.8) is 0 Å². The van der Waals surface area contributed by atoms with Gasteiger partial charge in [-0.3, -0.25) is 14.6 Å². The molecule has 138 valence electrons. The fourth-order valence-electron chi connectivity index (χ4n) is 3.17. The van der Waals surface area contributed by atoms with Crippen LogP contribution in [0.25, 0.3) is 11.0 Å². The zero-order chi connectivity index (χ0) is 19.5. The average Bonchev–Trinajstić information content (AvgIpc) is 2.73. The molecule has 28 heavy (non-hydrogen) atoms. The van der Waals surface area contributed by atoms with E-state index in [9.17, 15) is 9.59 Å². The number of hydrogen-bond acceptors (Lipinski definition) is 4. The van der Waals surface area contributed by atoms with Crippen LogP contribution in [-0.2, 0) is 6.54 Å². The first kappa shape index (κ1) is 17.7. The van der Waals surface area contributed by atoms with E-state index < -0.39 is 5.91 Å². The summed E-state index contributed by atoms with van der Waals surface area (Å²) in [4.78, 5) is 32.0. The Labute approximate surface area is 161 Å². The summed E-state index contributed by atoms with van der Waals surface area (Å²) in [6, 6.07) is 18.2. The van der Waals surface area contributed by atoms with E-state index in [2.05, 4.69) is 4.98 Å². The minimum Gasteiger partial charge on any atom is -0.463 e. The fourth-order valence-corrected chi connectivity index (χ4v) is 3.17. The molecule has 0 bridgehead atoms. The number of benzene rings is 2. The Hall–Kier alpha value is -3.73. The van der Waals surface area contributed by atoms with Gasteiger partial charge >= 0.3 is 0 Å². The second kappa shape index (κ2) is 7.48. The van der Waals surface area contributed by atoms with Crippen molar-refractivity contribution in [2.45, 2.75) is 13.5 Å². The predicted molar refractivity (Wildman–Crippen MR) is 108 cm³/mol. The number of pyridine rings is 1. The summed E-state index contributed by atoms with van der Waals surface area (Å²) in [7, 11) is 0. The molecule has 4 aromatic rings. The summed E-state index contributed by atoms with van der Waals surface area (Å²) < 4.78 is 5.55. The molecule has 0 atom stereocenters. The number of para-hydroxylation sites is 2. The third kappa shape index (κ3) is 3.30. The third-order valence-electron chi connectivity index (χ3n) is 4.65. The molecule has 0 radical (unpaired) electrons. The second-order valence-corrected chi connectivity index (χ2v) is 6.51. The zero-order valence-corrected chi connectivity index (χ0v) is 15.3. The van der Waals surface area contributed by atoms with Crippen LogP contribution < -0.4 is 10.3 Å². The van der Waals surface area contributed by atoms with Crippen LogP contribution in [0.3, 0.4) is 0 Å². The lowest BCUT2D eigenvalue weighted by Crippen LogP contribution is -2.34. The molecule has 2 aromatic carbocycles. The minimum atomic E-state index is -0.398. The highest BCUT2D eigenvalue weighted by Gasteiger charge is 2.23.